The first-order valence-corrected chi connectivity index (χ1v) is 7.04. The fourth-order valence-electron chi connectivity index (χ4n) is 1.71. The van der Waals surface area contributed by atoms with Crippen LogP contribution in [0.4, 0.5) is 0 Å². The Morgan fingerprint density at radius 3 is 2.78 bits per heavy atom. The van der Waals surface area contributed by atoms with Gasteiger partial charge in [-0.2, -0.15) is 5.26 Å². The summed E-state index contributed by atoms with van der Waals surface area (Å²) in [5.41, 5.74) is 0.695. The maximum absolute atomic E-state index is 12.4. The van der Waals surface area contributed by atoms with Crippen molar-refractivity contribution in [1.29, 1.82) is 5.26 Å². The molecule has 0 saturated heterocycles. The lowest BCUT2D eigenvalue weighted by Crippen LogP contribution is -2.35. The van der Waals surface area contributed by atoms with Crippen LogP contribution in [0, 0.1) is 20.8 Å². The van der Waals surface area contributed by atoms with Crippen LogP contribution in [-0.4, -0.2) is 23.9 Å². The van der Waals surface area contributed by atoms with E-state index < -0.39 is 0 Å². The largest absolute Gasteiger partial charge is 0.337 e. The van der Waals surface area contributed by atoms with E-state index in [0.717, 1.165) is 3.57 Å². The SMILES string of the molecule is CC(C)CN(CCC#N)C(=O)c1cccc(I)c1. The molecule has 0 aromatic heterocycles. The standard InChI is InChI=1S/C14H17IN2O/c1-11(2)10-17(8-4-7-16)14(18)12-5-3-6-13(15)9-12/h3,5-6,9,11H,4,8,10H2,1-2H3. The van der Waals surface area contributed by atoms with Crippen molar-refractivity contribution >= 4 is 28.5 Å². The highest BCUT2D eigenvalue weighted by atomic mass is 127. The van der Waals surface area contributed by atoms with Gasteiger partial charge in [0.1, 0.15) is 0 Å². The van der Waals surface area contributed by atoms with Crippen molar-refractivity contribution in [3.8, 4) is 6.07 Å². The molecule has 4 heteroatoms. The molecule has 1 rings (SSSR count). The summed E-state index contributed by atoms with van der Waals surface area (Å²) in [6.07, 6.45) is 0.377. The number of hydrogen-bond acceptors (Lipinski definition) is 2. The predicted molar refractivity (Wildman–Crippen MR) is 80.1 cm³/mol. The summed E-state index contributed by atoms with van der Waals surface area (Å²) in [5, 5.41) is 8.66. The van der Waals surface area contributed by atoms with Crippen molar-refractivity contribution in [3.05, 3.63) is 33.4 Å². The summed E-state index contributed by atoms with van der Waals surface area (Å²) in [5.74, 6) is 0.410. The van der Waals surface area contributed by atoms with E-state index in [4.69, 9.17) is 5.26 Å². The first-order valence-electron chi connectivity index (χ1n) is 5.96. The van der Waals surface area contributed by atoms with Crippen LogP contribution in [0.2, 0.25) is 0 Å². The summed E-state index contributed by atoms with van der Waals surface area (Å²) in [4.78, 5) is 14.1. The van der Waals surface area contributed by atoms with Gasteiger partial charge < -0.3 is 4.90 Å². The molecule has 0 bridgehead atoms. The third-order valence-corrected chi connectivity index (χ3v) is 3.11. The number of hydrogen-bond donors (Lipinski definition) is 0. The van der Waals surface area contributed by atoms with Gasteiger partial charge in [-0.1, -0.05) is 19.9 Å². The number of carbonyl (C=O) groups excluding carboxylic acids is 1. The Hall–Kier alpha value is -1.09. The lowest BCUT2D eigenvalue weighted by Gasteiger charge is -2.23. The predicted octanol–water partition coefficient (Wildman–Crippen LogP) is 3.30. The van der Waals surface area contributed by atoms with E-state index in [2.05, 4.69) is 42.5 Å². The Labute approximate surface area is 122 Å². The molecule has 0 fully saturated rings. The Bertz CT molecular complexity index is 451. The molecule has 3 nitrogen and oxygen atoms in total. The van der Waals surface area contributed by atoms with Crippen LogP contribution < -0.4 is 0 Å². The monoisotopic (exact) mass is 356 g/mol. The zero-order valence-electron chi connectivity index (χ0n) is 10.7. The van der Waals surface area contributed by atoms with Gasteiger partial charge in [-0.25, -0.2) is 0 Å². The van der Waals surface area contributed by atoms with Gasteiger partial charge in [0.2, 0.25) is 0 Å². The van der Waals surface area contributed by atoms with Crippen molar-refractivity contribution in [2.75, 3.05) is 13.1 Å². The molecule has 0 aliphatic rings. The average molecular weight is 356 g/mol. The topological polar surface area (TPSA) is 44.1 Å². The molecule has 1 aromatic carbocycles. The van der Waals surface area contributed by atoms with Crippen molar-refractivity contribution < 1.29 is 4.79 Å². The Morgan fingerprint density at radius 1 is 1.50 bits per heavy atom. The van der Waals surface area contributed by atoms with Gasteiger partial charge in [0.25, 0.3) is 5.91 Å². The highest BCUT2D eigenvalue weighted by molar-refractivity contribution is 14.1. The second kappa shape index (κ2) is 7.37. The Kier molecular flexibility index (Phi) is 6.13. The number of benzene rings is 1. The highest BCUT2D eigenvalue weighted by Crippen LogP contribution is 2.12. The molecular weight excluding hydrogens is 339 g/mol. The fraction of sp³-hybridized carbons (Fsp3) is 0.429. The second-order valence-corrected chi connectivity index (χ2v) is 5.81. The summed E-state index contributed by atoms with van der Waals surface area (Å²) >= 11 is 2.19. The Balaban J connectivity index is 2.84. The molecule has 0 unspecified atom stereocenters. The molecule has 0 heterocycles. The lowest BCUT2D eigenvalue weighted by atomic mass is 10.1. The summed E-state index contributed by atoms with van der Waals surface area (Å²) in [6, 6.07) is 9.63. The van der Waals surface area contributed by atoms with Crippen LogP contribution in [0.3, 0.4) is 0 Å². The quantitative estimate of drug-likeness (QED) is 0.760. The summed E-state index contributed by atoms with van der Waals surface area (Å²) < 4.78 is 1.04. The van der Waals surface area contributed by atoms with E-state index in [1.165, 1.54) is 0 Å². The van der Waals surface area contributed by atoms with Gasteiger partial charge in [-0.05, 0) is 46.7 Å². The molecule has 0 atom stereocenters. The van der Waals surface area contributed by atoms with Gasteiger partial charge in [-0.15, -0.1) is 0 Å². The second-order valence-electron chi connectivity index (χ2n) is 4.56. The minimum Gasteiger partial charge on any atom is -0.337 e. The minimum absolute atomic E-state index is 0.0115. The third kappa shape index (κ3) is 4.65. The van der Waals surface area contributed by atoms with Gasteiger partial charge >= 0.3 is 0 Å². The highest BCUT2D eigenvalue weighted by Gasteiger charge is 2.16. The molecule has 0 aliphatic carbocycles. The molecule has 0 N–H and O–H groups in total. The molecule has 18 heavy (non-hydrogen) atoms. The van der Waals surface area contributed by atoms with E-state index in [0.29, 0.717) is 31.0 Å². The number of halogens is 1. The van der Waals surface area contributed by atoms with Crippen LogP contribution in [0.5, 0.6) is 0 Å². The summed E-state index contributed by atoms with van der Waals surface area (Å²) in [6.45, 7) is 5.33. The van der Waals surface area contributed by atoms with E-state index in [1.54, 1.807) is 4.90 Å². The van der Waals surface area contributed by atoms with E-state index in [1.807, 2.05) is 24.3 Å². The van der Waals surface area contributed by atoms with Crippen molar-refractivity contribution in [2.24, 2.45) is 5.92 Å². The maximum atomic E-state index is 12.4. The van der Waals surface area contributed by atoms with Crippen molar-refractivity contribution in [3.63, 3.8) is 0 Å². The first-order chi connectivity index (χ1) is 8.54. The fourth-order valence-corrected chi connectivity index (χ4v) is 2.25. The van der Waals surface area contributed by atoms with Crippen molar-refractivity contribution in [2.45, 2.75) is 20.3 Å². The molecule has 96 valence electrons. The maximum Gasteiger partial charge on any atom is 0.253 e. The number of amides is 1. The van der Waals surface area contributed by atoms with Crippen molar-refractivity contribution in [1.82, 2.24) is 4.90 Å². The molecule has 1 aromatic rings. The Morgan fingerprint density at radius 2 is 2.22 bits per heavy atom. The van der Waals surface area contributed by atoms with Crippen LogP contribution >= 0.6 is 22.6 Å². The third-order valence-electron chi connectivity index (χ3n) is 2.44. The normalized spacial score (nSPS) is 10.2. The molecule has 0 aliphatic heterocycles. The number of nitriles is 1. The first kappa shape index (κ1) is 15.0. The number of rotatable bonds is 5. The van der Waals surface area contributed by atoms with Crippen LogP contribution in [0.25, 0.3) is 0 Å². The van der Waals surface area contributed by atoms with E-state index in [-0.39, 0.29) is 5.91 Å². The molecule has 1 amide bonds. The average Bonchev–Trinajstić information content (AvgIpc) is 2.33. The van der Waals surface area contributed by atoms with Crippen LogP contribution in [0.15, 0.2) is 24.3 Å². The van der Waals surface area contributed by atoms with Gasteiger partial charge in [0.05, 0.1) is 12.5 Å². The molecule has 0 saturated carbocycles. The van der Waals surface area contributed by atoms with Crippen LogP contribution in [-0.2, 0) is 0 Å². The lowest BCUT2D eigenvalue weighted by molar-refractivity contribution is 0.0740. The zero-order valence-corrected chi connectivity index (χ0v) is 12.8. The molecule has 0 spiro atoms. The van der Waals surface area contributed by atoms with Gasteiger partial charge in [-0.3, -0.25) is 4.79 Å². The zero-order chi connectivity index (χ0) is 13.5. The van der Waals surface area contributed by atoms with E-state index >= 15 is 0 Å². The minimum atomic E-state index is 0.0115. The van der Waals surface area contributed by atoms with E-state index in [9.17, 15) is 4.79 Å². The molecule has 0 radical (unpaired) electrons. The number of carbonyl (C=O) groups is 1. The van der Waals surface area contributed by atoms with Gasteiger partial charge in [0, 0.05) is 22.2 Å². The number of nitrogens with zero attached hydrogens (tertiary/aromatic N) is 2. The van der Waals surface area contributed by atoms with Crippen LogP contribution in [0.1, 0.15) is 30.6 Å². The smallest absolute Gasteiger partial charge is 0.253 e. The van der Waals surface area contributed by atoms with Gasteiger partial charge in [0.15, 0.2) is 0 Å². The molecular formula is C14H17IN2O. The summed E-state index contributed by atoms with van der Waals surface area (Å²) in [7, 11) is 0.